The molecule has 1 aliphatic rings. The van der Waals surface area contributed by atoms with Crippen molar-refractivity contribution >= 4 is 31.9 Å². The SMILES string of the molecule is CCCC1CCN(C(=O)c2cc(S(N)(=O)=O)ccc2Br)C1. The van der Waals surface area contributed by atoms with E-state index in [4.69, 9.17) is 5.14 Å². The van der Waals surface area contributed by atoms with Crippen LogP contribution < -0.4 is 5.14 Å². The molecule has 0 spiro atoms. The Kier molecular flexibility index (Phi) is 5.06. The van der Waals surface area contributed by atoms with Gasteiger partial charge in [-0.3, -0.25) is 4.79 Å². The molecule has 1 unspecified atom stereocenters. The Labute approximate surface area is 133 Å². The molecule has 1 heterocycles. The second-order valence-electron chi connectivity index (χ2n) is 5.38. The number of carbonyl (C=O) groups is 1. The van der Waals surface area contributed by atoms with Gasteiger partial charge in [-0.15, -0.1) is 0 Å². The van der Waals surface area contributed by atoms with Gasteiger partial charge < -0.3 is 4.90 Å². The minimum Gasteiger partial charge on any atom is -0.338 e. The maximum Gasteiger partial charge on any atom is 0.255 e. The minimum atomic E-state index is -3.81. The molecule has 7 heteroatoms. The summed E-state index contributed by atoms with van der Waals surface area (Å²) < 4.78 is 23.4. The van der Waals surface area contributed by atoms with Crippen LogP contribution in [0, 0.1) is 5.92 Å². The van der Waals surface area contributed by atoms with Gasteiger partial charge in [0.15, 0.2) is 0 Å². The third-order valence-electron chi connectivity index (χ3n) is 3.77. The molecule has 1 saturated heterocycles. The van der Waals surface area contributed by atoms with E-state index < -0.39 is 10.0 Å². The molecule has 0 radical (unpaired) electrons. The number of sulfonamides is 1. The molecule has 1 atom stereocenters. The van der Waals surface area contributed by atoms with E-state index in [1.54, 1.807) is 11.0 Å². The van der Waals surface area contributed by atoms with Gasteiger partial charge in [0, 0.05) is 17.6 Å². The lowest BCUT2D eigenvalue weighted by atomic mass is 10.0. The van der Waals surface area contributed by atoms with Crippen LogP contribution in [0.4, 0.5) is 0 Å². The number of halogens is 1. The number of primary sulfonamides is 1. The molecule has 0 aliphatic carbocycles. The van der Waals surface area contributed by atoms with E-state index >= 15 is 0 Å². The summed E-state index contributed by atoms with van der Waals surface area (Å²) in [6.07, 6.45) is 3.23. The van der Waals surface area contributed by atoms with Gasteiger partial charge in [-0.05, 0) is 52.9 Å². The van der Waals surface area contributed by atoms with Crippen molar-refractivity contribution in [3.63, 3.8) is 0 Å². The van der Waals surface area contributed by atoms with Crippen LogP contribution in [0.3, 0.4) is 0 Å². The Balaban J connectivity index is 2.24. The monoisotopic (exact) mass is 374 g/mol. The number of likely N-dealkylation sites (tertiary alicyclic amines) is 1. The zero-order valence-corrected chi connectivity index (χ0v) is 14.3. The topological polar surface area (TPSA) is 80.5 Å². The molecular weight excluding hydrogens is 356 g/mol. The maximum atomic E-state index is 12.6. The van der Waals surface area contributed by atoms with E-state index in [0.29, 0.717) is 16.0 Å². The van der Waals surface area contributed by atoms with Crippen molar-refractivity contribution in [3.05, 3.63) is 28.2 Å². The lowest BCUT2D eigenvalue weighted by Crippen LogP contribution is -2.29. The van der Waals surface area contributed by atoms with Crippen molar-refractivity contribution in [3.8, 4) is 0 Å². The summed E-state index contributed by atoms with van der Waals surface area (Å²) in [5.74, 6) is 0.394. The van der Waals surface area contributed by atoms with Gasteiger partial charge in [0.2, 0.25) is 10.0 Å². The highest BCUT2D eigenvalue weighted by molar-refractivity contribution is 9.10. The molecule has 0 bridgehead atoms. The number of carbonyl (C=O) groups excluding carboxylic acids is 1. The summed E-state index contributed by atoms with van der Waals surface area (Å²) >= 11 is 3.31. The van der Waals surface area contributed by atoms with E-state index in [2.05, 4.69) is 22.9 Å². The van der Waals surface area contributed by atoms with E-state index in [-0.39, 0.29) is 10.8 Å². The molecule has 1 aromatic rings. The summed E-state index contributed by atoms with van der Waals surface area (Å²) in [5.41, 5.74) is 0.346. The predicted molar refractivity (Wildman–Crippen MR) is 84.4 cm³/mol. The molecular formula is C14H19BrN2O3S. The highest BCUT2D eigenvalue weighted by atomic mass is 79.9. The highest BCUT2D eigenvalue weighted by Crippen LogP contribution is 2.26. The van der Waals surface area contributed by atoms with E-state index in [1.165, 1.54) is 12.1 Å². The molecule has 0 aromatic heterocycles. The third-order valence-corrected chi connectivity index (χ3v) is 5.37. The standard InChI is InChI=1S/C14H19BrN2O3S/c1-2-3-10-6-7-17(9-10)14(18)12-8-11(21(16,19)20)4-5-13(12)15/h4-5,8,10H,2-3,6-7,9H2,1H3,(H2,16,19,20). The van der Waals surface area contributed by atoms with E-state index in [0.717, 1.165) is 32.4 Å². The van der Waals surface area contributed by atoms with E-state index in [1.807, 2.05) is 0 Å². The second kappa shape index (κ2) is 6.46. The summed E-state index contributed by atoms with van der Waals surface area (Å²) in [6.45, 7) is 3.59. The van der Waals surface area contributed by atoms with Crippen molar-refractivity contribution in [2.75, 3.05) is 13.1 Å². The van der Waals surface area contributed by atoms with Crippen LogP contribution in [0.2, 0.25) is 0 Å². The van der Waals surface area contributed by atoms with Gasteiger partial charge in [0.1, 0.15) is 0 Å². The Hall–Kier alpha value is -0.920. The fourth-order valence-electron chi connectivity index (χ4n) is 2.68. The minimum absolute atomic E-state index is 0.0432. The average molecular weight is 375 g/mol. The van der Waals surface area contributed by atoms with Gasteiger partial charge >= 0.3 is 0 Å². The van der Waals surface area contributed by atoms with Crippen LogP contribution in [0.5, 0.6) is 0 Å². The van der Waals surface area contributed by atoms with Crippen LogP contribution in [0.1, 0.15) is 36.5 Å². The number of nitrogens with zero attached hydrogens (tertiary/aromatic N) is 1. The van der Waals surface area contributed by atoms with Crippen LogP contribution >= 0.6 is 15.9 Å². The van der Waals surface area contributed by atoms with Crippen molar-refractivity contribution in [1.29, 1.82) is 0 Å². The first-order valence-electron chi connectivity index (χ1n) is 6.94. The average Bonchev–Trinajstić information content (AvgIpc) is 2.86. The third kappa shape index (κ3) is 3.84. The lowest BCUT2D eigenvalue weighted by molar-refractivity contribution is 0.0785. The first-order valence-corrected chi connectivity index (χ1v) is 9.28. The molecule has 1 aliphatic heterocycles. The molecule has 5 nitrogen and oxygen atoms in total. The first-order chi connectivity index (χ1) is 9.82. The largest absolute Gasteiger partial charge is 0.338 e. The van der Waals surface area contributed by atoms with Crippen molar-refractivity contribution < 1.29 is 13.2 Å². The van der Waals surface area contributed by atoms with Crippen LogP contribution in [-0.4, -0.2) is 32.3 Å². The summed E-state index contributed by atoms with van der Waals surface area (Å²) in [5, 5.41) is 5.12. The summed E-state index contributed by atoms with van der Waals surface area (Å²) in [4.78, 5) is 14.3. The molecule has 21 heavy (non-hydrogen) atoms. The Morgan fingerprint density at radius 3 is 2.81 bits per heavy atom. The molecule has 116 valence electrons. The normalized spacial score (nSPS) is 19.0. The number of benzene rings is 1. The molecule has 1 fully saturated rings. The number of amides is 1. The zero-order chi connectivity index (χ0) is 15.6. The Morgan fingerprint density at radius 1 is 1.48 bits per heavy atom. The smallest absolute Gasteiger partial charge is 0.255 e. The van der Waals surface area contributed by atoms with Gasteiger partial charge in [-0.25, -0.2) is 13.6 Å². The summed E-state index contributed by atoms with van der Waals surface area (Å²) in [6, 6.07) is 4.28. The number of hydrogen-bond acceptors (Lipinski definition) is 3. The van der Waals surface area contributed by atoms with Crippen molar-refractivity contribution in [2.45, 2.75) is 31.1 Å². The number of hydrogen-bond donors (Lipinski definition) is 1. The van der Waals surface area contributed by atoms with Crippen molar-refractivity contribution in [2.24, 2.45) is 11.1 Å². The van der Waals surface area contributed by atoms with Crippen LogP contribution in [0.15, 0.2) is 27.6 Å². The zero-order valence-electron chi connectivity index (χ0n) is 11.9. The maximum absolute atomic E-state index is 12.6. The molecule has 2 rings (SSSR count). The van der Waals surface area contributed by atoms with Crippen LogP contribution in [0.25, 0.3) is 0 Å². The number of rotatable bonds is 4. The Morgan fingerprint density at radius 2 is 2.19 bits per heavy atom. The van der Waals surface area contributed by atoms with Gasteiger partial charge in [0.05, 0.1) is 10.5 Å². The van der Waals surface area contributed by atoms with Crippen molar-refractivity contribution in [1.82, 2.24) is 4.90 Å². The molecule has 1 aromatic carbocycles. The van der Waals surface area contributed by atoms with E-state index in [9.17, 15) is 13.2 Å². The summed E-state index contributed by atoms with van der Waals surface area (Å²) in [7, 11) is -3.81. The fourth-order valence-corrected chi connectivity index (χ4v) is 3.63. The lowest BCUT2D eigenvalue weighted by Gasteiger charge is -2.18. The Bertz CT molecular complexity index is 646. The van der Waals surface area contributed by atoms with Crippen LogP contribution in [-0.2, 0) is 10.0 Å². The highest BCUT2D eigenvalue weighted by Gasteiger charge is 2.28. The molecule has 0 saturated carbocycles. The quantitative estimate of drug-likeness (QED) is 0.877. The second-order valence-corrected chi connectivity index (χ2v) is 7.80. The van der Waals surface area contributed by atoms with Gasteiger partial charge in [-0.1, -0.05) is 13.3 Å². The van der Waals surface area contributed by atoms with Gasteiger partial charge in [0.25, 0.3) is 5.91 Å². The number of nitrogens with two attached hydrogens (primary N) is 1. The predicted octanol–water partition coefficient (Wildman–Crippen LogP) is 2.36. The fraction of sp³-hybridized carbons (Fsp3) is 0.500. The first kappa shape index (κ1) is 16.5. The molecule has 1 amide bonds. The molecule has 2 N–H and O–H groups in total. The van der Waals surface area contributed by atoms with Gasteiger partial charge in [-0.2, -0.15) is 0 Å².